The first-order valence-corrected chi connectivity index (χ1v) is 5.67. The first-order chi connectivity index (χ1) is 9.00. The van der Waals surface area contributed by atoms with E-state index in [-0.39, 0.29) is 31.1 Å². The average Bonchev–Trinajstić information content (AvgIpc) is 2.40. The third-order valence-electron chi connectivity index (χ3n) is 2.91. The molecule has 0 spiro atoms. The molecule has 1 saturated heterocycles. The standard InChI is InChI=1S/C12H13FN2O4/c13-7-1-2-10(16)8(5-7)12(18)15-3-4-19-6-9(15)11(14)17/h1-2,5,9,16H,3-4,6H2,(H2,14,17). The summed E-state index contributed by atoms with van der Waals surface area (Å²) in [6.07, 6.45) is 0. The highest BCUT2D eigenvalue weighted by atomic mass is 19.1. The summed E-state index contributed by atoms with van der Waals surface area (Å²) >= 11 is 0. The van der Waals surface area contributed by atoms with E-state index in [1.165, 1.54) is 4.90 Å². The van der Waals surface area contributed by atoms with Gasteiger partial charge in [-0.1, -0.05) is 0 Å². The predicted octanol–water partition coefficient (Wildman–Crippen LogP) is -0.142. The first kappa shape index (κ1) is 13.3. The topological polar surface area (TPSA) is 92.9 Å². The number of amides is 2. The van der Waals surface area contributed by atoms with E-state index in [1.807, 2.05) is 0 Å². The quantitative estimate of drug-likeness (QED) is 0.780. The number of benzene rings is 1. The van der Waals surface area contributed by atoms with Crippen LogP contribution in [0.5, 0.6) is 5.75 Å². The smallest absolute Gasteiger partial charge is 0.258 e. The second-order valence-corrected chi connectivity index (χ2v) is 4.15. The van der Waals surface area contributed by atoms with Crippen molar-refractivity contribution >= 4 is 11.8 Å². The number of ether oxygens (including phenoxy) is 1. The molecule has 7 heteroatoms. The largest absolute Gasteiger partial charge is 0.507 e. The molecule has 1 heterocycles. The first-order valence-electron chi connectivity index (χ1n) is 5.67. The van der Waals surface area contributed by atoms with Gasteiger partial charge in [-0.25, -0.2) is 4.39 Å². The Kier molecular flexibility index (Phi) is 3.66. The molecule has 2 rings (SSSR count). The summed E-state index contributed by atoms with van der Waals surface area (Å²) in [7, 11) is 0. The van der Waals surface area contributed by atoms with Crippen molar-refractivity contribution in [2.24, 2.45) is 5.73 Å². The summed E-state index contributed by atoms with van der Waals surface area (Å²) in [5.74, 6) is -2.35. The summed E-state index contributed by atoms with van der Waals surface area (Å²) in [5, 5.41) is 9.60. The summed E-state index contributed by atoms with van der Waals surface area (Å²) in [4.78, 5) is 24.7. The molecule has 102 valence electrons. The van der Waals surface area contributed by atoms with Crippen LogP contribution in [0.2, 0.25) is 0 Å². The maximum absolute atomic E-state index is 13.1. The van der Waals surface area contributed by atoms with Crippen molar-refractivity contribution < 1.29 is 23.8 Å². The van der Waals surface area contributed by atoms with E-state index in [0.717, 1.165) is 18.2 Å². The number of halogens is 1. The highest BCUT2D eigenvalue weighted by Crippen LogP contribution is 2.21. The Morgan fingerprint density at radius 2 is 2.21 bits per heavy atom. The van der Waals surface area contributed by atoms with Crippen molar-refractivity contribution in [1.29, 1.82) is 0 Å². The minimum Gasteiger partial charge on any atom is -0.507 e. The Morgan fingerprint density at radius 3 is 2.89 bits per heavy atom. The fourth-order valence-corrected chi connectivity index (χ4v) is 1.92. The minimum atomic E-state index is -0.913. The molecule has 1 aromatic carbocycles. The fourth-order valence-electron chi connectivity index (χ4n) is 1.92. The predicted molar refractivity (Wildman–Crippen MR) is 62.9 cm³/mol. The van der Waals surface area contributed by atoms with E-state index >= 15 is 0 Å². The van der Waals surface area contributed by atoms with Gasteiger partial charge in [0.25, 0.3) is 5.91 Å². The van der Waals surface area contributed by atoms with Crippen LogP contribution < -0.4 is 5.73 Å². The van der Waals surface area contributed by atoms with Gasteiger partial charge >= 0.3 is 0 Å². The Labute approximate surface area is 108 Å². The molecule has 2 amide bonds. The van der Waals surface area contributed by atoms with E-state index in [4.69, 9.17) is 10.5 Å². The van der Waals surface area contributed by atoms with E-state index in [0.29, 0.717) is 0 Å². The van der Waals surface area contributed by atoms with Gasteiger partial charge < -0.3 is 20.5 Å². The number of hydrogen-bond donors (Lipinski definition) is 2. The van der Waals surface area contributed by atoms with Gasteiger partial charge in [-0.05, 0) is 18.2 Å². The number of hydrogen-bond acceptors (Lipinski definition) is 4. The lowest BCUT2D eigenvalue weighted by Crippen LogP contribution is -2.54. The number of rotatable bonds is 2. The number of carbonyl (C=O) groups excluding carboxylic acids is 2. The molecule has 0 aliphatic carbocycles. The zero-order valence-corrected chi connectivity index (χ0v) is 10.0. The van der Waals surface area contributed by atoms with Gasteiger partial charge in [-0.15, -0.1) is 0 Å². The lowest BCUT2D eigenvalue weighted by molar-refractivity contribution is -0.127. The second kappa shape index (κ2) is 5.23. The van der Waals surface area contributed by atoms with Crippen molar-refractivity contribution in [3.8, 4) is 5.75 Å². The third-order valence-corrected chi connectivity index (χ3v) is 2.91. The van der Waals surface area contributed by atoms with Crippen molar-refractivity contribution in [2.75, 3.05) is 19.8 Å². The van der Waals surface area contributed by atoms with Gasteiger partial charge in [-0.2, -0.15) is 0 Å². The van der Waals surface area contributed by atoms with Gasteiger partial charge in [-0.3, -0.25) is 9.59 Å². The van der Waals surface area contributed by atoms with E-state index in [2.05, 4.69) is 0 Å². The van der Waals surface area contributed by atoms with Gasteiger partial charge in [0.1, 0.15) is 17.6 Å². The third kappa shape index (κ3) is 2.65. The molecule has 1 aliphatic heterocycles. The molecule has 1 aromatic rings. The number of aromatic hydroxyl groups is 1. The fraction of sp³-hybridized carbons (Fsp3) is 0.333. The van der Waals surface area contributed by atoms with Crippen LogP contribution in [-0.4, -0.2) is 47.6 Å². The van der Waals surface area contributed by atoms with Gasteiger partial charge in [0.2, 0.25) is 5.91 Å². The van der Waals surface area contributed by atoms with E-state index in [9.17, 15) is 19.1 Å². The van der Waals surface area contributed by atoms with Crippen LogP contribution in [0.3, 0.4) is 0 Å². The molecule has 3 N–H and O–H groups in total. The molecule has 19 heavy (non-hydrogen) atoms. The minimum absolute atomic E-state index is 0.00283. The van der Waals surface area contributed by atoms with Crippen LogP contribution in [0.1, 0.15) is 10.4 Å². The lowest BCUT2D eigenvalue weighted by Gasteiger charge is -2.33. The number of nitrogens with zero attached hydrogens (tertiary/aromatic N) is 1. The van der Waals surface area contributed by atoms with E-state index < -0.39 is 23.7 Å². The van der Waals surface area contributed by atoms with Crippen LogP contribution in [0.25, 0.3) is 0 Å². The van der Waals surface area contributed by atoms with Crippen LogP contribution >= 0.6 is 0 Å². The zero-order chi connectivity index (χ0) is 14.0. The highest BCUT2D eigenvalue weighted by Gasteiger charge is 2.33. The van der Waals surface area contributed by atoms with Crippen molar-refractivity contribution in [3.05, 3.63) is 29.6 Å². The Hall–Kier alpha value is -2.15. The molecule has 1 aliphatic rings. The average molecular weight is 268 g/mol. The maximum Gasteiger partial charge on any atom is 0.258 e. The monoisotopic (exact) mass is 268 g/mol. The van der Waals surface area contributed by atoms with Crippen LogP contribution in [0, 0.1) is 5.82 Å². The number of primary amides is 1. The zero-order valence-electron chi connectivity index (χ0n) is 10.0. The molecule has 0 bridgehead atoms. The molecule has 0 saturated carbocycles. The van der Waals surface area contributed by atoms with Crippen LogP contribution in [0.15, 0.2) is 18.2 Å². The van der Waals surface area contributed by atoms with Gasteiger partial charge in [0.05, 0.1) is 18.8 Å². The molecule has 1 atom stereocenters. The Balaban J connectivity index is 2.31. The summed E-state index contributed by atoms with van der Waals surface area (Å²) in [5.41, 5.74) is 4.99. The van der Waals surface area contributed by atoms with Crippen LogP contribution in [-0.2, 0) is 9.53 Å². The molecular formula is C12H13FN2O4. The van der Waals surface area contributed by atoms with E-state index in [1.54, 1.807) is 0 Å². The number of phenols is 1. The molecule has 0 aromatic heterocycles. The Morgan fingerprint density at radius 1 is 1.47 bits per heavy atom. The molecular weight excluding hydrogens is 255 g/mol. The number of nitrogens with two attached hydrogens (primary N) is 1. The van der Waals surface area contributed by atoms with Crippen molar-refractivity contribution in [3.63, 3.8) is 0 Å². The summed E-state index contributed by atoms with van der Waals surface area (Å²) < 4.78 is 18.2. The summed E-state index contributed by atoms with van der Waals surface area (Å²) in [6, 6.07) is 2.13. The number of phenolic OH excluding ortho intramolecular Hbond substituents is 1. The SMILES string of the molecule is NC(=O)C1COCCN1C(=O)c1cc(F)ccc1O. The maximum atomic E-state index is 13.1. The Bertz CT molecular complexity index is 520. The second-order valence-electron chi connectivity index (χ2n) is 4.15. The van der Waals surface area contributed by atoms with Gasteiger partial charge in [0.15, 0.2) is 0 Å². The highest BCUT2D eigenvalue weighted by molar-refractivity contribution is 5.99. The molecule has 1 fully saturated rings. The van der Waals surface area contributed by atoms with Crippen LogP contribution in [0.4, 0.5) is 4.39 Å². The molecule has 1 unspecified atom stereocenters. The van der Waals surface area contributed by atoms with Crippen molar-refractivity contribution in [1.82, 2.24) is 4.90 Å². The number of morpholine rings is 1. The summed E-state index contributed by atoms with van der Waals surface area (Å²) in [6.45, 7) is 0.408. The molecule has 0 radical (unpaired) electrons. The normalized spacial score (nSPS) is 19.2. The number of carbonyl (C=O) groups is 2. The molecule has 6 nitrogen and oxygen atoms in total. The lowest BCUT2D eigenvalue weighted by atomic mass is 10.1. The van der Waals surface area contributed by atoms with Crippen molar-refractivity contribution in [2.45, 2.75) is 6.04 Å². The van der Waals surface area contributed by atoms with Gasteiger partial charge in [0, 0.05) is 6.54 Å².